The van der Waals surface area contributed by atoms with E-state index in [9.17, 15) is 0 Å². The highest BCUT2D eigenvalue weighted by Crippen LogP contribution is 2.08. The van der Waals surface area contributed by atoms with E-state index in [1.807, 2.05) is 25.1 Å². The average molecular weight is 243 g/mol. The molecule has 0 spiro atoms. The van der Waals surface area contributed by atoms with Crippen molar-refractivity contribution in [1.29, 1.82) is 0 Å². The van der Waals surface area contributed by atoms with Crippen molar-refractivity contribution in [2.45, 2.75) is 19.8 Å². The van der Waals surface area contributed by atoms with Crippen LogP contribution in [0.4, 0.5) is 11.6 Å². The summed E-state index contributed by atoms with van der Waals surface area (Å²) in [6, 6.07) is 7.65. The molecule has 2 aromatic rings. The van der Waals surface area contributed by atoms with Crippen molar-refractivity contribution in [2.24, 2.45) is 0 Å². The van der Waals surface area contributed by atoms with E-state index in [4.69, 9.17) is 5.73 Å². The summed E-state index contributed by atoms with van der Waals surface area (Å²) in [4.78, 5) is 12.8. The molecule has 0 aromatic carbocycles. The van der Waals surface area contributed by atoms with Gasteiger partial charge in [-0.3, -0.25) is 4.98 Å². The van der Waals surface area contributed by atoms with Gasteiger partial charge in [-0.05, 0) is 12.1 Å². The van der Waals surface area contributed by atoms with E-state index in [0.29, 0.717) is 5.82 Å². The first kappa shape index (κ1) is 12.3. The largest absolute Gasteiger partial charge is 0.384 e. The number of hydrogen-bond acceptors (Lipinski definition) is 5. The van der Waals surface area contributed by atoms with Gasteiger partial charge in [0, 0.05) is 37.3 Å². The van der Waals surface area contributed by atoms with Crippen LogP contribution in [0.3, 0.4) is 0 Å². The number of aryl methyl sites for hydroxylation is 1. The van der Waals surface area contributed by atoms with E-state index in [0.717, 1.165) is 36.7 Å². The molecule has 18 heavy (non-hydrogen) atoms. The Hall–Kier alpha value is -2.17. The standard InChI is InChI=1S/C13H17N5/c1-2-12-17-11(14)9-13(18-12)16-8-6-10-5-3-4-7-15-10/h3-5,7,9H,2,6,8H2,1H3,(H3,14,16,17,18). The van der Waals surface area contributed by atoms with Gasteiger partial charge in [0.05, 0.1) is 0 Å². The zero-order valence-electron chi connectivity index (χ0n) is 10.4. The number of anilines is 2. The Balaban J connectivity index is 1.92. The zero-order valence-corrected chi connectivity index (χ0v) is 10.4. The number of nitrogen functional groups attached to an aromatic ring is 1. The highest BCUT2D eigenvalue weighted by molar-refractivity contribution is 5.44. The number of aromatic nitrogens is 3. The van der Waals surface area contributed by atoms with E-state index in [2.05, 4.69) is 20.3 Å². The Kier molecular flexibility index (Phi) is 4.06. The normalized spacial score (nSPS) is 10.3. The molecule has 5 heteroatoms. The highest BCUT2D eigenvalue weighted by Gasteiger charge is 2.01. The second kappa shape index (κ2) is 5.95. The number of nitrogens with two attached hydrogens (primary N) is 1. The van der Waals surface area contributed by atoms with E-state index in [1.54, 1.807) is 12.3 Å². The van der Waals surface area contributed by atoms with Crippen LogP contribution >= 0.6 is 0 Å². The lowest BCUT2D eigenvalue weighted by Crippen LogP contribution is -2.09. The fourth-order valence-corrected chi connectivity index (χ4v) is 1.63. The second-order valence-corrected chi connectivity index (χ2v) is 3.95. The van der Waals surface area contributed by atoms with Gasteiger partial charge in [0.1, 0.15) is 17.5 Å². The molecule has 3 N–H and O–H groups in total. The summed E-state index contributed by atoms with van der Waals surface area (Å²) in [6.45, 7) is 2.78. The van der Waals surface area contributed by atoms with Gasteiger partial charge in [0.15, 0.2) is 0 Å². The number of nitrogens with zero attached hydrogens (tertiary/aromatic N) is 3. The Morgan fingerprint density at radius 2 is 2.17 bits per heavy atom. The number of nitrogens with one attached hydrogen (secondary N) is 1. The summed E-state index contributed by atoms with van der Waals surface area (Å²) < 4.78 is 0. The van der Waals surface area contributed by atoms with Crippen LogP contribution in [0.25, 0.3) is 0 Å². The first-order valence-electron chi connectivity index (χ1n) is 6.05. The van der Waals surface area contributed by atoms with E-state index in [1.165, 1.54) is 0 Å². The lowest BCUT2D eigenvalue weighted by atomic mass is 10.3. The minimum atomic E-state index is 0.502. The molecule has 0 aliphatic heterocycles. The van der Waals surface area contributed by atoms with Crippen LogP contribution in [0.1, 0.15) is 18.4 Å². The third kappa shape index (κ3) is 3.41. The van der Waals surface area contributed by atoms with E-state index in [-0.39, 0.29) is 0 Å². The maximum absolute atomic E-state index is 5.71. The van der Waals surface area contributed by atoms with Crippen LogP contribution in [0, 0.1) is 0 Å². The maximum Gasteiger partial charge on any atom is 0.132 e. The van der Waals surface area contributed by atoms with Gasteiger partial charge in [-0.2, -0.15) is 0 Å². The molecule has 0 atom stereocenters. The molecule has 0 saturated carbocycles. The Labute approximate surface area is 106 Å². The van der Waals surface area contributed by atoms with Gasteiger partial charge in [0.25, 0.3) is 0 Å². The monoisotopic (exact) mass is 243 g/mol. The first-order valence-corrected chi connectivity index (χ1v) is 6.05. The molecule has 2 rings (SSSR count). The molecule has 2 heterocycles. The molecule has 0 aliphatic carbocycles. The van der Waals surface area contributed by atoms with Gasteiger partial charge >= 0.3 is 0 Å². The highest BCUT2D eigenvalue weighted by atomic mass is 15.0. The quantitative estimate of drug-likeness (QED) is 0.835. The molecule has 0 aliphatic rings. The van der Waals surface area contributed by atoms with E-state index >= 15 is 0 Å². The lowest BCUT2D eigenvalue weighted by Gasteiger charge is -2.07. The molecule has 0 saturated heterocycles. The second-order valence-electron chi connectivity index (χ2n) is 3.95. The van der Waals surface area contributed by atoms with Crippen LogP contribution in [0.2, 0.25) is 0 Å². The average Bonchev–Trinajstić information content (AvgIpc) is 2.39. The number of hydrogen-bond donors (Lipinski definition) is 2. The topological polar surface area (TPSA) is 76.7 Å². The Bertz CT molecular complexity index is 498. The maximum atomic E-state index is 5.71. The van der Waals surface area contributed by atoms with E-state index < -0.39 is 0 Å². The summed E-state index contributed by atoms with van der Waals surface area (Å²) in [7, 11) is 0. The van der Waals surface area contributed by atoms with Crippen molar-refractivity contribution >= 4 is 11.6 Å². The fourth-order valence-electron chi connectivity index (χ4n) is 1.63. The lowest BCUT2D eigenvalue weighted by molar-refractivity contribution is 0.918. The predicted octanol–water partition coefficient (Wildman–Crippen LogP) is 1.67. The third-order valence-electron chi connectivity index (χ3n) is 2.52. The van der Waals surface area contributed by atoms with Crippen molar-refractivity contribution in [2.75, 3.05) is 17.6 Å². The Morgan fingerprint density at radius 3 is 2.89 bits per heavy atom. The smallest absolute Gasteiger partial charge is 0.132 e. The molecule has 0 radical (unpaired) electrons. The molecule has 5 nitrogen and oxygen atoms in total. The molecule has 0 unspecified atom stereocenters. The van der Waals surface area contributed by atoms with Crippen LogP contribution in [0.5, 0.6) is 0 Å². The molecule has 0 bridgehead atoms. The van der Waals surface area contributed by atoms with Crippen molar-refractivity contribution < 1.29 is 0 Å². The van der Waals surface area contributed by atoms with Crippen molar-refractivity contribution in [1.82, 2.24) is 15.0 Å². The van der Waals surface area contributed by atoms with Crippen molar-refractivity contribution in [3.63, 3.8) is 0 Å². The zero-order chi connectivity index (χ0) is 12.8. The van der Waals surface area contributed by atoms with Crippen molar-refractivity contribution in [3.05, 3.63) is 42.0 Å². The van der Waals surface area contributed by atoms with Gasteiger partial charge in [-0.1, -0.05) is 13.0 Å². The molecule has 0 amide bonds. The van der Waals surface area contributed by atoms with Crippen molar-refractivity contribution in [3.8, 4) is 0 Å². The molecule has 2 aromatic heterocycles. The predicted molar refractivity (Wildman–Crippen MR) is 72.3 cm³/mol. The van der Waals surface area contributed by atoms with Crippen LogP contribution in [-0.2, 0) is 12.8 Å². The Morgan fingerprint density at radius 1 is 1.28 bits per heavy atom. The van der Waals surface area contributed by atoms with Crippen LogP contribution < -0.4 is 11.1 Å². The summed E-state index contributed by atoms with van der Waals surface area (Å²) in [5.41, 5.74) is 6.77. The summed E-state index contributed by atoms with van der Waals surface area (Å²) in [5, 5.41) is 3.24. The number of pyridine rings is 1. The summed E-state index contributed by atoms with van der Waals surface area (Å²) >= 11 is 0. The van der Waals surface area contributed by atoms with Gasteiger partial charge in [-0.15, -0.1) is 0 Å². The fraction of sp³-hybridized carbons (Fsp3) is 0.308. The summed E-state index contributed by atoms with van der Waals surface area (Å²) in [5.74, 6) is 2.04. The minimum Gasteiger partial charge on any atom is -0.384 e. The molecule has 94 valence electrons. The van der Waals surface area contributed by atoms with Gasteiger partial charge < -0.3 is 11.1 Å². The first-order chi connectivity index (χ1) is 8.78. The van der Waals surface area contributed by atoms with Crippen LogP contribution in [-0.4, -0.2) is 21.5 Å². The third-order valence-corrected chi connectivity index (χ3v) is 2.52. The number of rotatable bonds is 5. The van der Waals surface area contributed by atoms with Gasteiger partial charge in [0.2, 0.25) is 0 Å². The SMILES string of the molecule is CCc1nc(N)cc(NCCc2ccccn2)n1. The molecular weight excluding hydrogens is 226 g/mol. The minimum absolute atomic E-state index is 0.502. The van der Waals surface area contributed by atoms with Crippen LogP contribution in [0.15, 0.2) is 30.5 Å². The molecular formula is C13H17N5. The molecule has 0 fully saturated rings. The van der Waals surface area contributed by atoms with Gasteiger partial charge in [-0.25, -0.2) is 9.97 Å². The summed E-state index contributed by atoms with van der Waals surface area (Å²) in [6.07, 6.45) is 3.43.